The zero-order valence-electron chi connectivity index (χ0n) is 10.8. The number of fused-ring (bicyclic) bond motifs is 2. The van der Waals surface area contributed by atoms with Gasteiger partial charge in [-0.1, -0.05) is 25.7 Å². The molecule has 0 amide bonds. The predicted octanol–water partition coefficient (Wildman–Crippen LogP) is 2.21. The van der Waals surface area contributed by atoms with Gasteiger partial charge in [0.1, 0.15) is 6.10 Å². The van der Waals surface area contributed by atoms with Crippen molar-refractivity contribution in [2.75, 3.05) is 0 Å². The smallest absolute Gasteiger partial charge is 0.334 e. The van der Waals surface area contributed by atoms with E-state index in [2.05, 4.69) is 20.1 Å². The topological polar surface area (TPSA) is 46.5 Å². The van der Waals surface area contributed by atoms with Crippen LogP contribution in [-0.4, -0.2) is 23.3 Å². The van der Waals surface area contributed by atoms with Gasteiger partial charge in [0.2, 0.25) is 0 Å². The van der Waals surface area contributed by atoms with Crippen molar-refractivity contribution in [1.29, 1.82) is 0 Å². The first-order valence-corrected chi connectivity index (χ1v) is 6.70. The fraction of sp³-hybridized carbons (Fsp3) is 0.667. The van der Waals surface area contributed by atoms with Crippen LogP contribution in [0.3, 0.4) is 0 Å². The number of allylic oxidation sites excluding steroid dienone is 1. The van der Waals surface area contributed by atoms with Crippen LogP contribution in [0.4, 0.5) is 0 Å². The van der Waals surface area contributed by atoms with Crippen LogP contribution in [0.25, 0.3) is 0 Å². The summed E-state index contributed by atoms with van der Waals surface area (Å²) in [7, 11) is 0. The van der Waals surface area contributed by atoms with E-state index < -0.39 is 12.2 Å². The van der Waals surface area contributed by atoms with E-state index in [-0.39, 0.29) is 23.2 Å². The van der Waals surface area contributed by atoms with Gasteiger partial charge in [-0.2, -0.15) is 0 Å². The maximum atomic E-state index is 11.6. The Labute approximate surface area is 108 Å². The lowest BCUT2D eigenvalue weighted by atomic mass is 9.54. The highest BCUT2D eigenvalue weighted by atomic mass is 16.6. The molecule has 0 radical (unpaired) electrons. The number of rotatable bonds is 0. The Hall–Kier alpha value is -1.09. The number of hydrogen-bond donors (Lipinski definition) is 1. The van der Waals surface area contributed by atoms with E-state index in [1.807, 2.05) is 0 Å². The molecule has 1 N–H and O–H groups in total. The lowest BCUT2D eigenvalue weighted by molar-refractivity contribution is -0.161. The van der Waals surface area contributed by atoms with Crippen molar-refractivity contribution in [2.45, 2.75) is 44.8 Å². The third kappa shape index (κ3) is 1.37. The van der Waals surface area contributed by atoms with Gasteiger partial charge in [0.05, 0.1) is 6.10 Å². The molecule has 3 rings (SSSR count). The third-order valence-corrected chi connectivity index (χ3v) is 5.33. The van der Waals surface area contributed by atoms with E-state index in [1.54, 1.807) is 0 Å². The van der Waals surface area contributed by atoms with Crippen molar-refractivity contribution in [3.05, 3.63) is 24.3 Å². The zero-order chi connectivity index (χ0) is 13.1. The van der Waals surface area contributed by atoms with Gasteiger partial charge in [-0.05, 0) is 31.6 Å². The van der Waals surface area contributed by atoms with Crippen LogP contribution in [0, 0.1) is 17.3 Å². The van der Waals surface area contributed by atoms with Crippen molar-refractivity contribution >= 4 is 5.97 Å². The highest BCUT2D eigenvalue weighted by molar-refractivity contribution is 5.91. The van der Waals surface area contributed by atoms with Gasteiger partial charge >= 0.3 is 5.97 Å². The summed E-state index contributed by atoms with van der Waals surface area (Å²) in [5.74, 6) is -0.0777. The zero-order valence-corrected chi connectivity index (χ0v) is 10.8. The van der Waals surface area contributed by atoms with Crippen LogP contribution >= 0.6 is 0 Å². The number of ether oxygens (including phenoxy) is 1. The largest absolute Gasteiger partial charge is 0.456 e. The first-order valence-electron chi connectivity index (χ1n) is 6.70. The van der Waals surface area contributed by atoms with Gasteiger partial charge in [0, 0.05) is 16.9 Å². The molecule has 0 bridgehead atoms. The Bertz CT molecular complexity index is 439. The van der Waals surface area contributed by atoms with Crippen LogP contribution in [0.2, 0.25) is 0 Å². The quantitative estimate of drug-likeness (QED) is 0.406. The molecule has 2 aliphatic carbocycles. The van der Waals surface area contributed by atoms with E-state index in [9.17, 15) is 9.90 Å². The summed E-state index contributed by atoms with van der Waals surface area (Å²) < 4.78 is 5.32. The van der Waals surface area contributed by atoms with Crippen LogP contribution in [0.15, 0.2) is 24.3 Å². The Balaban J connectivity index is 1.99. The standard InChI is InChI=1S/C15H20O3/c1-8-5-4-6-15(3)11(8)7-10-9(2)14(17)18-12(10)13(15)16/h10-13,16H,1-2,4-7H2,3H3/t10-,11+,12+,13+,15+/m1/s1. The lowest BCUT2D eigenvalue weighted by Gasteiger charge is -2.52. The number of carbonyl (C=O) groups excluding carboxylic acids is 1. The minimum Gasteiger partial charge on any atom is -0.456 e. The summed E-state index contributed by atoms with van der Waals surface area (Å²) in [6, 6.07) is 0. The van der Waals surface area contributed by atoms with E-state index in [0.717, 1.165) is 25.7 Å². The lowest BCUT2D eigenvalue weighted by Crippen LogP contribution is -2.54. The minimum absolute atomic E-state index is 0.0274. The molecule has 0 aromatic heterocycles. The molecule has 18 heavy (non-hydrogen) atoms. The van der Waals surface area contributed by atoms with Crippen LogP contribution in [0.5, 0.6) is 0 Å². The summed E-state index contributed by atoms with van der Waals surface area (Å²) in [5, 5.41) is 10.6. The van der Waals surface area contributed by atoms with E-state index in [0.29, 0.717) is 5.57 Å². The summed E-state index contributed by atoms with van der Waals surface area (Å²) in [5.41, 5.74) is 1.55. The predicted molar refractivity (Wildman–Crippen MR) is 67.7 cm³/mol. The van der Waals surface area contributed by atoms with Crippen LogP contribution < -0.4 is 0 Å². The molecule has 3 aliphatic rings. The second-order valence-electron chi connectivity index (χ2n) is 6.25. The highest BCUT2D eigenvalue weighted by Gasteiger charge is 2.58. The third-order valence-electron chi connectivity index (χ3n) is 5.33. The molecule has 3 nitrogen and oxygen atoms in total. The monoisotopic (exact) mass is 248 g/mol. The number of carbonyl (C=O) groups is 1. The summed E-state index contributed by atoms with van der Waals surface area (Å²) in [4.78, 5) is 11.6. The van der Waals surface area contributed by atoms with Crippen LogP contribution in [0.1, 0.15) is 32.6 Å². The average Bonchev–Trinajstić information content (AvgIpc) is 2.60. The van der Waals surface area contributed by atoms with Gasteiger partial charge in [-0.25, -0.2) is 4.79 Å². The van der Waals surface area contributed by atoms with Crippen molar-refractivity contribution in [3.8, 4) is 0 Å². The second kappa shape index (κ2) is 3.70. The summed E-state index contributed by atoms with van der Waals surface area (Å²) in [6.45, 7) is 10.1. The molecular formula is C15H20O3. The first-order chi connectivity index (χ1) is 8.45. The average molecular weight is 248 g/mol. The van der Waals surface area contributed by atoms with E-state index in [4.69, 9.17) is 4.74 Å². The highest BCUT2D eigenvalue weighted by Crippen LogP contribution is 2.56. The van der Waals surface area contributed by atoms with Gasteiger partial charge < -0.3 is 9.84 Å². The molecule has 3 fully saturated rings. The van der Waals surface area contributed by atoms with Gasteiger partial charge in [-0.15, -0.1) is 0 Å². The molecule has 1 heterocycles. The molecule has 2 saturated carbocycles. The number of aliphatic hydroxyl groups is 1. The Kier molecular flexibility index (Phi) is 2.46. The Morgan fingerprint density at radius 2 is 2.17 bits per heavy atom. The SMILES string of the molecule is C=C1C(=O)O[C@H]2[C@@H]1C[C@H]1C(=C)CCC[C@]1(C)[C@H]2O. The summed E-state index contributed by atoms with van der Waals surface area (Å²) in [6.07, 6.45) is 2.94. The first kappa shape index (κ1) is 12.0. The molecule has 1 aliphatic heterocycles. The normalized spacial score (nSPS) is 47.6. The minimum atomic E-state index is -0.596. The molecule has 3 heteroatoms. The van der Waals surface area contributed by atoms with Gasteiger partial charge in [0.15, 0.2) is 0 Å². The van der Waals surface area contributed by atoms with E-state index in [1.165, 1.54) is 5.57 Å². The van der Waals surface area contributed by atoms with Gasteiger partial charge in [0.25, 0.3) is 0 Å². The fourth-order valence-electron chi connectivity index (χ4n) is 4.12. The number of hydrogen-bond acceptors (Lipinski definition) is 3. The van der Waals surface area contributed by atoms with Crippen molar-refractivity contribution in [2.24, 2.45) is 17.3 Å². The fourth-order valence-corrected chi connectivity index (χ4v) is 4.12. The molecule has 0 aromatic rings. The summed E-state index contributed by atoms with van der Waals surface area (Å²) >= 11 is 0. The number of esters is 1. The number of aliphatic hydroxyl groups excluding tert-OH is 1. The molecular weight excluding hydrogens is 228 g/mol. The molecule has 0 spiro atoms. The van der Waals surface area contributed by atoms with Crippen molar-refractivity contribution in [3.63, 3.8) is 0 Å². The molecule has 1 saturated heterocycles. The molecule has 0 unspecified atom stereocenters. The Morgan fingerprint density at radius 3 is 2.89 bits per heavy atom. The van der Waals surface area contributed by atoms with E-state index >= 15 is 0 Å². The van der Waals surface area contributed by atoms with Crippen LogP contribution in [-0.2, 0) is 9.53 Å². The maximum absolute atomic E-state index is 11.6. The maximum Gasteiger partial charge on any atom is 0.334 e. The molecule has 98 valence electrons. The Morgan fingerprint density at radius 1 is 1.44 bits per heavy atom. The van der Waals surface area contributed by atoms with Crippen molar-refractivity contribution < 1.29 is 14.6 Å². The molecule has 5 atom stereocenters. The molecule has 0 aromatic carbocycles. The van der Waals surface area contributed by atoms with Crippen molar-refractivity contribution in [1.82, 2.24) is 0 Å². The van der Waals surface area contributed by atoms with Gasteiger partial charge in [-0.3, -0.25) is 0 Å². The second-order valence-corrected chi connectivity index (χ2v) is 6.25.